The topological polar surface area (TPSA) is 93.0 Å². The van der Waals surface area contributed by atoms with E-state index in [9.17, 15) is 9.59 Å². The van der Waals surface area contributed by atoms with Crippen LogP contribution in [0, 0.1) is 20.8 Å². The van der Waals surface area contributed by atoms with E-state index in [1.807, 2.05) is 43.9 Å². The highest BCUT2D eigenvalue weighted by atomic mass is 16.2. The summed E-state index contributed by atoms with van der Waals surface area (Å²) in [6, 6.07) is 8.73. The van der Waals surface area contributed by atoms with Gasteiger partial charge in [0.05, 0.1) is 17.3 Å². The molecule has 3 aromatic rings. The molecule has 1 N–H and O–H groups in total. The van der Waals surface area contributed by atoms with Crippen LogP contribution < -0.4 is 10.9 Å². The molecule has 1 aliphatic rings. The van der Waals surface area contributed by atoms with Gasteiger partial charge in [0.1, 0.15) is 0 Å². The fourth-order valence-electron chi connectivity index (χ4n) is 4.05. The highest BCUT2D eigenvalue weighted by molar-refractivity contribution is 5.94. The van der Waals surface area contributed by atoms with Crippen LogP contribution in [0.2, 0.25) is 0 Å². The molecular weight excluding hydrogens is 392 g/mol. The van der Waals surface area contributed by atoms with Crippen LogP contribution in [0.5, 0.6) is 0 Å². The molecule has 1 aliphatic heterocycles. The van der Waals surface area contributed by atoms with Gasteiger partial charge in [-0.3, -0.25) is 14.6 Å². The normalized spacial score (nSPS) is 15.9. The SMILES string of the molecule is Cc1cc(Nc2nc(C)cc(C)n2)cc([C@H]2CCCN2C(=O)c2ccc(=O)n(C)c2)n1. The summed E-state index contributed by atoms with van der Waals surface area (Å²) < 4.78 is 1.43. The van der Waals surface area contributed by atoms with Crippen LogP contribution in [0.1, 0.15) is 52.0 Å². The van der Waals surface area contributed by atoms with E-state index >= 15 is 0 Å². The molecule has 1 atom stereocenters. The van der Waals surface area contributed by atoms with Crippen molar-refractivity contribution in [1.29, 1.82) is 0 Å². The number of likely N-dealkylation sites (tertiary alicyclic amines) is 1. The number of carbonyl (C=O) groups is 1. The smallest absolute Gasteiger partial charge is 0.255 e. The lowest BCUT2D eigenvalue weighted by Gasteiger charge is -2.25. The number of nitrogens with one attached hydrogen (secondary N) is 1. The molecule has 4 heterocycles. The van der Waals surface area contributed by atoms with E-state index in [1.165, 1.54) is 10.6 Å². The molecule has 0 spiro atoms. The van der Waals surface area contributed by atoms with E-state index in [1.54, 1.807) is 19.3 Å². The van der Waals surface area contributed by atoms with Gasteiger partial charge < -0.3 is 14.8 Å². The lowest BCUT2D eigenvalue weighted by molar-refractivity contribution is 0.0732. The van der Waals surface area contributed by atoms with Crippen LogP contribution in [-0.4, -0.2) is 36.9 Å². The first-order valence-electron chi connectivity index (χ1n) is 10.4. The number of hydrogen-bond donors (Lipinski definition) is 1. The Morgan fingerprint density at radius 1 is 1.03 bits per heavy atom. The second-order valence-electron chi connectivity index (χ2n) is 8.04. The third-order valence-corrected chi connectivity index (χ3v) is 5.40. The molecule has 31 heavy (non-hydrogen) atoms. The Hall–Kier alpha value is -3.55. The lowest BCUT2D eigenvalue weighted by Crippen LogP contribution is -2.32. The standard InChI is InChI=1S/C23H26N6O2/c1-14-10-15(2)26-23(25-14)27-18-11-16(3)24-19(12-18)20-6-5-9-29(20)22(31)17-7-8-21(30)28(4)13-17/h7-8,10-13,20H,5-6,9H2,1-4H3,(H,24,25,26,27)/t20-/m1/s1. The molecule has 3 aromatic heterocycles. The van der Waals surface area contributed by atoms with Crippen LogP contribution in [0.3, 0.4) is 0 Å². The number of carbonyl (C=O) groups excluding carboxylic acids is 1. The Labute approximate surface area is 181 Å². The molecule has 0 bridgehead atoms. The van der Waals surface area contributed by atoms with Gasteiger partial charge in [0, 0.05) is 48.6 Å². The maximum Gasteiger partial charge on any atom is 0.255 e. The molecule has 0 aliphatic carbocycles. The van der Waals surface area contributed by atoms with Crippen molar-refractivity contribution in [2.24, 2.45) is 7.05 Å². The third-order valence-electron chi connectivity index (χ3n) is 5.40. The monoisotopic (exact) mass is 418 g/mol. The highest BCUT2D eigenvalue weighted by Gasteiger charge is 2.32. The number of hydrogen-bond acceptors (Lipinski definition) is 6. The maximum atomic E-state index is 13.2. The van der Waals surface area contributed by atoms with Gasteiger partial charge in [-0.05, 0) is 57.9 Å². The van der Waals surface area contributed by atoms with E-state index in [-0.39, 0.29) is 17.5 Å². The van der Waals surface area contributed by atoms with Crippen molar-refractivity contribution in [2.45, 2.75) is 39.7 Å². The second kappa shape index (κ2) is 8.29. The average Bonchev–Trinajstić information content (AvgIpc) is 3.18. The van der Waals surface area contributed by atoms with Crippen molar-refractivity contribution in [2.75, 3.05) is 11.9 Å². The van der Waals surface area contributed by atoms with Crippen molar-refractivity contribution < 1.29 is 4.79 Å². The van der Waals surface area contributed by atoms with Gasteiger partial charge in [-0.1, -0.05) is 0 Å². The number of rotatable bonds is 4. The lowest BCUT2D eigenvalue weighted by atomic mass is 10.1. The van der Waals surface area contributed by atoms with E-state index in [4.69, 9.17) is 4.98 Å². The fourth-order valence-corrected chi connectivity index (χ4v) is 4.05. The van der Waals surface area contributed by atoms with E-state index in [2.05, 4.69) is 15.3 Å². The summed E-state index contributed by atoms with van der Waals surface area (Å²) in [6.45, 7) is 6.46. The van der Waals surface area contributed by atoms with Crippen LogP contribution in [0.25, 0.3) is 0 Å². The molecule has 8 nitrogen and oxygen atoms in total. The largest absolute Gasteiger partial charge is 0.330 e. The average molecular weight is 419 g/mol. The molecule has 0 saturated carbocycles. The first-order chi connectivity index (χ1) is 14.8. The molecule has 8 heteroatoms. The molecule has 0 radical (unpaired) electrons. The zero-order valence-electron chi connectivity index (χ0n) is 18.2. The number of aryl methyl sites for hydroxylation is 4. The molecular formula is C23H26N6O2. The van der Waals surface area contributed by atoms with Gasteiger partial charge in [-0.15, -0.1) is 0 Å². The fraction of sp³-hybridized carbons (Fsp3) is 0.348. The van der Waals surface area contributed by atoms with Gasteiger partial charge in [0.2, 0.25) is 11.5 Å². The van der Waals surface area contributed by atoms with E-state index in [0.717, 1.165) is 41.3 Å². The maximum absolute atomic E-state index is 13.2. The summed E-state index contributed by atoms with van der Waals surface area (Å²) in [4.78, 5) is 40.3. The van der Waals surface area contributed by atoms with Crippen molar-refractivity contribution >= 4 is 17.5 Å². The summed E-state index contributed by atoms with van der Waals surface area (Å²) in [7, 11) is 1.65. The summed E-state index contributed by atoms with van der Waals surface area (Å²) in [5, 5.41) is 3.28. The first kappa shape index (κ1) is 20.7. The third kappa shape index (κ3) is 4.47. The molecule has 0 aromatic carbocycles. The Morgan fingerprint density at radius 2 is 1.74 bits per heavy atom. The van der Waals surface area contributed by atoms with Crippen LogP contribution in [0.4, 0.5) is 11.6 Å². The van der Waals surface area contributed by atoms with Crippen LogP contribution in [-0.2, 0) is 7.05 Å². The van der Waals surface area contributed by atoms with Gasteiger partial charge in [0.25, 0.3) is 5.91 Å². The summed E-state index contributed by atoms with van der Waals surface area (Å²) >= 11 is 0. The molecule has 1 saturated heterocycles. The van der Waals surface area contributed by atoms with Gasteiger partial charge >= 0.3 is 0 Å². The van der Waals surface area contributed by atoms with Crippen molar-refractivity contribution in [3.63, 3.8) is 0 Å². The summed E-state index contributed by atoms with van der Waals surface area (Å²) in [5.74, 6) is 0.451. The molecule has 1 fully saturated rings. The molecule has 4 rings (SSSR count). The minimum absolute atomic E-state index is 0.0893. The quantitative estimate of drug-likeness (QED) is 0.699. The van der Waals surface area contributed by atoms with Gasteiger partial charge in [0.15, 0.2) is 0 Å². The first-order valence-corrected chi connectivity index (χ1v) is 10.4. The zero-order chi connectivity index (χ0) is 22.1. The Kier molecular flexibility index (Phi) is 5.54. The summed E-state index contributed by atoms with van der Waals surface area (Å²) in [6.07, 6.45) is 3.34. The van der Waals surface area contributed by atoms with Crippen LogP contribution in [0.15, 0.2) is 41.3 Å². The number of nitrogens with zero attached hydrogens (tertiary/aromatic N) is 5. The van der Waals surface area contributed by atoms with E-state index < -0.39 is 0 Å². The van der Waals surface area contributed by atoms with E-state index in [0.29, 0.717) is 18.1 Å². The Morgan fingerprint density at radius 3 is 2.45 bits per heavy atom. The van der Waals surface area contributed by atoms with Crippen molar-refractivity contribution in [1.82, 2.24) is 24.4 Å². The highest BCUT2D eigenvalue weighted by Crippen LogP contribution is 2.33. The number of amides is 1. The summed E-state index contributed by atoms with van der Waals surface area (Å²) in [5.41, 5.74) is 4.68. The number of pyridine rings is 2. The number of anilines is 2. The Bertz CT molecular complexity index is 1180. The number of aromatic nitrogens is 4. The van der Waals surface area contributed by atoms with Crippen molar-refractivity contribution in [3.05, 3.63) is 75.2 Å². The minimum atomic E-state index is -0.140. The zero-order valence-corrected chi connectivity index (χ0v) is 18.2. The predicted octanol–water partition coefficient (Wildman–Crippen LogP) is 3.22. The molecule has 1 amide bonds. The van der Waals surface area contributed by atoms with Gasteiger partial charge in [-0.2, -0.15) is 0 Å². The minimum Gasteiger partial charge on any atom is -0.330 e. The predicted molar refractivity (Wildman–Crippen MR) is 118 cm³/mol. The van der Waals surface area contributed by atoms with Crippen LogP contribution >= 0.6 is 0 Å². The second-order valence-corrected chi connectivity index (χ2v) is 8.04. The molecule has 0 unspecified atom stereocenters. The molecule has 160 valence electrons. The van der Waals surface area contributed by atoms with Gasteiger partial charge in [-0.25, -0.2) is 9.97 Å². The van der Waals surface area contributed by atoms with Crippen molar-refractivity contribution in [3.8, 4) is 0 Å². The Balaban J connectivity index is 1.62.